The lowest BCUT2D eigenvalue weighted by Crippen LogP contribution is -2.50. The lowest BCUT2D eigenvalue weighted by molar-refractivity contribution is -0.127. The fourth-order valence-electron chi connectivity index (χ4n) is 8.82. The summed E-state index contributed by atoms with van der Waals surface area (Å²) in [5.41, 5.74) is -0.162. The van der Waals surface area contributed by atoms with Crippen molar-refractivity contribution in [3.05, 3.63) is 0 Å². The maximum absolute atomic E-state index is 13.2. The van der Waals surface area contributed by atoms with Gasteiger partial charge in [0.25, 0.3) is 0 Å². The van der Waals surface area contributed by atoms with Crippen molar-refractivity contribution in [2.75, 3.05) is 0 Å². The highest BCUT2D eigenvalue weighted by molar-refractivity contribution is 5.83. The molecular formula is C31H55N3O2. The van der Waals surface area contributed by atoms with Crippen LogP contribution >= 0.6 is 0 Å². The molecule has 3 N–H and O–H groups in total. The van der Waals surface area contributed by atoms with E-state index >= 15 is 0 Å². The molecular weight excluding hydrogens is 446 g/mol. The second-order valence-corrected chi connectivity index (χ2v) is 15.5. The number of nitrogens with one attached hydrogen (secondary N) is 3. The summed E-state index contributed by atoms with van der Waals surface area (Å²) >= 11 is 0. The molecule has 2 atom stereocenters. The van der Waals surface area contributed by atoms with Gasteiger partial charge in [0.2, 0.25) is 5.91 Å². The molecule has 4 aliphatic rings. The summed E-state index contributed by atoms with van der Waals surface area (Å²) in [6.07, 6.45) is 12.4. The van der Waals surface area contributed by atoms with Crippen LogP contribution in [0.2, 0.25) is 0 Å². The van der Waals surface area contributed by atoms with Crippen LogP contribution < -0.4 is 16.0 Å². The minimum Gasteiger partial charge on any atom is -0.353 e. The number of amides is 1. The number of hydrogen-bond donors (Lipinski definition) is 3. The van der Waals surface area contributed by atoms with E-state index in [1.54, 1.807) is 0 Å². The molecule has 36 heavy (non-hydrogen) atoms. The monoisotopic (exact) mass is 501 g/mol. The van der Waals surface area contributed by atoms with Gasteiger partial charge >= 0.3 is 0 Å². The number of carbonyl (C=O) groups excluding carboxylic acids is 2. The van der Waals surface area contributed by atoms with Gasteiger partial charge in [-0.15, -0.1) is 0 Å². The third kappa shape index (κ3) is 6.37. The summed E-state index contributed by atoms with van der Waals surface area (Å²) in [6, 6.07) is 0.342. The molecule has 2 unspecified atom stereocenters. The van der Waals surface area contributed by atoms with E-state index in [1.165, 1.54) is 38.5 Å². The van der Waals surface area contributed by atoms with Gasteiger partial charge in [-0.25, -0.2) is 0 Å². The molecule has 4 rings (SSSR count). The zero-order chi connectivity index (χ0) is 26.5. The molecule has 4 fully saturated rings. The van der Waals surface area contributed by atoms with Crippen molar-refractivity contribution in [2.45, 2.75) is 154 Å². The molecule has 5 heteroatoms. The zero-order valence-electron chi connectivity index (χ0n) is 24.6. The van der Waals surface area contributed by atoms with Crippen LogP contribution in [0.5, 0.6) is 0 Å². The smallest absolute Gasteiger partial charge is 0.225 e. The van der Waals surface area contributed by atoms with Crippen LogP contribution in [-0.2, 0) is 9.59 Å². The molecule has 2 heterocycles. The second kappa shape index (κ2) is 9.98. The number of carbonyl (C=O) groups is 2. The van der Waals surface area contributed by atoms with E-state index in [-0.39, 0.29) is 39.9 Å². The predicted octanol–water partition coefficient (Wildman–Crippen LogP) is 5.76. The van der Waals surface area contributed by atoms with E-state index in [1.807, 2.05) is 0 Å². The Morgan fingerprint density at radius 3 is 1.56 bits per heavy atom. The summed E-state index contributed by atoms with van der Waals surface area (Å²) in [5, 5.41) is 10.7. The molecule has 2 saturated heterocycles. The van der Waals surface area contributed by atoms with Crippen molar-refractivity contribution < 1.29 is 9.59 Å². The Balaban J connectivity index is 1.19. The molecule has 1 amide bonds. The van der Waals surface area contributed by atoms with E-state index < -0.39 is 0 Å². The van der Waals surface area contributed by atoms with E-state index in [0.717, 1.165) is 43.9 Å². The number of hydrogen-bond acceptors (Lipinski definition) is 4. The van der Waals surface area contributed by atoms with Gasteiger partial charge in [-0.1, -0.05) is 0 Å². The van der Waals surface area contributed by atoms with Gasteiger partial charge in [0.1, 0.15) is 5.78 Å². The molecule has 2 aliphatic heterocycles. The van der Waals surface area contributed by atoms with E-state index in [0.29, 0.717) is 17.7 Å². The average Bonchev–Trinajstić information content (AvgIpc) is 3.13. The second-order valence-electron chi connectivity index (χ2n) is 15.5. The van der Waals surface area contributed by atoms with E-state index in [9.17, 15) is 9.59 Å². The Bertz CT molecular complexity index is 746. The Hall–Kier alpha value is -0.940. The predicted molar refractivity (Wildman–Crippen MR) is 148 cm³/mol. The molecule has 206 valence electrons. The number of ketones is 1. The quantitative estimate of drug-likeness (QED) is 0.433. The Morgan fingerprint density at radius 2 is 1.11 bits per heavy atom. The zero-order valence-corrected chi connectivity index (χ0v) is 24.6. The van der Waals surface area contributed by atoms with Gasteiger partial charge in [0.15, 0.2) is 0 Å². The SMILES string of the molecule is CC1(C)CC(C(=O)CC2CCC(C3CCC(NC(=O)C4CC(C)(C)NC4(C)C)CC3)CC2)C(C)(C)N1. The maximum atomic E-state index is 13.2. The minimum atomic E-state index is -0.148. The van der Waals surface area contributed by atoms with Gasteiger partial charge in [0, 0.05) is 40.5 Å². The summed E-state index contributed by atoms with van der Waals surface area (Å²) in [4.78, 5) is 26.3. The average molecular weight is 502 g/mol. The lowest BCUT2D eigenvalue weighted by Gasteiger charge is -2.38. The van der Waals surface area contributed by atoms with Crippen molar-refractivity contribution >= 4 is 11.7 Å². The van der Waals surface area contributed by atoms with Crippen LogP contribution in [0.15, 0.2) is 0 Å². The molecule has 2 aliphatic carbocycles. The van der Waals surface area contributed by atoms with Crippen molar-refractivity contribution in [3.63, 3.8) is 0 Å². The van der Waals surface area contributed by atoms with Crippen LogP contribution in [0.1, 0.15) is 126 Å². The highest BCUT2D eigenvalue weighted by Gasteiger charge is 2.49. The summed E-state index contributed by atoms with van der Waals surface area (Å²) in [6.45, 7) is 17.6. The topological polar surface area (TPSA) is 70.2 Å². The first-order valence-electron chi connectivity index (χ1n) is 15.0. The van der Waals surface area contributed by atoms with Crippen LogP contribution in [0.3, 0.4) is 0 Å². The third-order valence-corrected chi connectivity index (χ3v) is 10.4. The molecule has 5 nitrogen and oxygen atoms in total. The van der Waals surface area contributed by atoms with E-state index in [4.69, 9.17) is 0 Å². The standard InChI is InChI=1S/C31H55N3O2/c1-28(2)18-24(30(5,6)33-28)26(35)17-20-9-11-21(12-10-20)22-13-15-23(16-14-22)32-27(36)25-19-29(3,4)34-31(25,7)8/h20-25,33-34H,9-19H2,1-8H3,(H,32,36). The van der Waals surface area contributed by atoms with Crippen molar-refractivity contribution in [1.82, 2.24) is 16.0 Å². The number of rotatable bonds is 6. The first kappa shape index (κ1) is 28.1. The minimum absolute atomic E-state index is 0.0212. The molecule has 0 aromatic carbocycles. The maximum Gasteiger partial charge on any atom is 0.225 e. The highest BCUT2D eigenvalue weighted by atomic mass is 16.2. The Labute approximate surface area is 221 Å². The first-order valence-corrected chi connectivity index (χ1v) is 15.0. The van der Waals surface area contributed by atoms with Crippen molar-refractivity contribution in [1.29, 1.82) is 0 Å². The van der Waals surface area contributed by atoms with Crippen LogP contribution in [0.25, 0.3) is 0 Å². The Kier molecular flexibility index (Phi) is 7.79. The van der Waals surface area contributed by atoms with Gasteiger partial charge in [-0.2, -0.15) is 0 Å². The normalized spacial score (nSPS) is 39.0. The summed E-state index contributed by atoms with van der Waals surface area (Å²) < 4.78 is 0. The largest absolute Gasteiger partial charge is 0.353 e. The molecule has 0 aromatic rings. The van der Waals surface area contributed by atoms with Gasteiger partial charge < -0.3 is 16.0 Å². The van der Waals surface area contributed by atoms with Crippen LogP contribution in [0, 0.1) is 29.6 Å². The Morgan fingerprint density at radius 1 is 0.667 bits per heavy atom. The summed E-state index contributed by atoms with van der Waals surface area (Å²) in [7, 11) is 0. The molecule has 2 saturated carbocycles. The fourth-order valence-corrected chi connectivity index (χ4v) is 8.82. The van der Waals surface area contributed by atoms with Crippen molar-refractivity contribution in [3.8, 4) is 0 Å². The first-order chi connectivity index (χ1) is 16.6. The molecule has 0 aromatic heterocycles. The van der Waals surface area contributed by atoms with Crippen LogP contribution in [0.4, 0.5) is 0 Å². The van der Waals surface area contributed by atoms with Gasteiger partial charge in [-0.3, -0.25) is 9.59 Å². The van der Waals surface area contributed by atoms with E-state index in [2.05, 4.69) is 71.3 Å². The molecule has 0 spiro atoms. The number of Topliss-reactive ketones (excluding diaryl/α,β-unsaturated/α-hetero) is 1. The van der Waals surface area contributed by atoms with Gasteiger partial charge in [0.05, 0.1) is 5.92 Å². The van der Waals surface area contributed by atoms with Gasteiger partial charge in [-0.05, 0) is 137 Å². The summed E-state index contributed by atoms with van der Waals surface area (Å²) in [5.74, 6) is 3.12. The fraction of sp³-hybridized carbons (Fsp3) is 0.935. The van der Waals surface area contributed by atoms with Crippen LogP contribution in [-0.4, -0.2) is 39.9 Å². The highest BCUT2D eigenvalue weighted by Crippen LogP contribution is 2.43. The molecule has 0 bridgehead atoms. The van der Waals surface area contributed by atoms with Crippen molar-refractivity contribution in [2.24, 2.45) is 29.6 Å². The lowest BCUT2D eigenvalue weighted by atomic mass is 9.69. The third-order valence-electron chi connectivity index (χ3n) is 10.4. The molecule has 0 radical (unpaired) electrons.